The van der Waals surface area contributed by atoms with E-state index in [2.05, 4.69) is 24.4 Å². The van der Waals surface area contributed by atoms with Gasteiger partial charge in [0.2, 0.25) is 0 Å². The molecule has 18 heavy (non-hydrogen) atoms. The summed E-state index contributed by atoms with van der Waals surface area (Å²) in [5.41, 5.74) is 1.87. The van der Waals surface area contributed by atoms with Crippen molar-refractivity contribution >= 4 is 40.5 Å². The number of benzene rings is 2. The van der Waals surface area contributed by atoms with Crippen LogP contribution in [0.3, 0.4) is 0 Å². The van der Waals surface area contributed by atoms with E-state index in [1.54, 1.807) is 12.1 Å². The molecule has 0 spiro atoms. The standard InChI is InChI=1S/C14H12Cl3N/c1-9(10-5-3-2-4-6-10)18-14-12(16)7-11(15)8-13(14)17/h2-9,18H,1H3. The lowest BCUT2D eigenvalue weighted by molar-refractivity contribution is 0.885. The average molecular weight is 301 g/mol. The number of halogens is 3. The molecule has 0 saturated heterocycles. The molecule has 0 saturated carbocycles. The van der Waals surface area contributed by atoms with Crippen molar-refractivity contribution in [2.45, 2.75) is 13.0 Å². The number of hydrogen-bond donors (Lipinski definition) is 1. The average Bonchev–Trinajstić information content (AvgIpc) is 2.34. The quantitative estimate of drug-likeness (QED) is 0.753. The van der Waals surface area contributed by atoms with E-state index in [0.29, 0.717) is 20.8 Å². The Kier molecular flexibility index (Phi) is 4.39. The second kappa shape index (κ2) is 5.83. The van der Waals surface area contributed by atoms with E-state index >= 15 is 0 Å². The summed E-state index contributed by atoms with van der Waals surface area (Å²) in [5, 5.41) is 4.88. The van der Waals surface area contributed by atoms with Crippen LogP contribution in [0.5, 0.6) is 0 Å². The zero-order chi connectivity index (χ0) is 13.1. The van der Waals surface area contributed by atoms with Crippen LogP contribution in [0, 0.1) is 0 Å². The molecule has 0 heterocycles. The molecule has 0 bridgehead atoms. The molecule has 2 aromatic carbocycles. The predicted molar refractivity (Wildman–Crippen MR) is 80.0 cm³/mol. The molecule has 0 amide bonds. The topological polar surface area (TPSA) is 12.0 Å². The first-order valence-corrected chi connectivity index (χ1v) is 6.67. The first kappa shape index (κ1) is 13.5. The molecular formula is C14H12Cl3N. The highest BCUT2D eigenvalue weighted by Crippen LogP contribution is 2.35. The molecule has 0 aliphatic heterocycles. The molecule has 0 radical (unpaired) electrons. The highest BCUT2D eigenvalue weighted by Gasteiger charge is 2.11. The van der Waals surface area contributed by atoms with Gasteiger partial charge in [0.15, 0.2) is 0 Å². The Hall–Kier alpha value is -0.890. The maximum Gasteiger partial charge on any atom is 0.0724 e. The van der Waals surface area contributed by atoms with Gasteiger partial charge in [-0.3, -0.25) is 0 Å². The summed E-state index contributed by atoms with van der Waals surface area (Å²) in [4.78, 5) is 0. The summed E-state index contributed by atoms with van der Waals surface area (Å²) in [6, 6.07) is 13.5. The van der Waals surface area contributed by atoms with Gasteiger partial charge in [0.05, 0.1) is 15.7 Å². The van der Waals surface area contributed by atoms with Crippen molar-refractivity contribution in [3.05, 3.63) is 63.1 Å². The van der Waals surface area contributed by atoms with E-state index in [0.717, 1.165) is 0 Å². The number of rotatable bonds is 3. The van der Waals surface area contributed by atoms with Gasteiger partial charge >= 0.3 is 0 Å². The smallest absolute Gasteiger partial charge is 0.0724 e. The molecule has 0 aliphatic rings. The van der Waals surface area contributed by atoms with Gasteiger partial charge in [0, 0.05) is 11.1 Å². The summed E-state index contributed by atoms with van der Waals surface area (Å²) >= 11 is 18.1. The van der Waals surface area contributed by atoms with Crippen molar-refractivity contribution < 1.29 is 0 Å². The van der Waals surface area contributed by atoms with Gasteiger partial charge in [-0.15, -0.1) is 0 Å². The Labute approximate surface area is 122 Å². The Morgan fingerprint density at radius 2 is 1.50 bits per heavy atom. The summed E-state index contributed by atoms with van der Waals surface area (Å²) in [6.07, 6.45) is 0. The zero-order valence-electron chi connectivity index (χ0n) is 9.75. The lowest BCUT2D eigenvalue weighted by Gasteiger charge is -2.18. The predicted octanol–water partition coefficient (Wildman–Crippen LogP) is 5.82. The van der Waals surface area contributed by atoms with E-state index in [1.165, 1.54) is 5.56 Å². The van der Waals surface area contributed by atoms with E-state index in [9.17, 15) is 0 Å². The molecule has 0 fully saturated rings. The van der Waals surface area contributed by atoms with Gasteiger partial charge in [-0.25, -0.2) is 0 Å². The third-order valence-electron chi connectivity index (χ3n) is 2.67. The van der Waals surface area contributed by atoms with Crippen LogP contribution in [0.15, 0.2) is 42.5 Å². The minimum atomic E-state index is 0.113. The molecule has 1 N–H and O–H groups in total. The lowest BCUT2D eigenvalue weighted by atomic mass is 10.1. The van der Waals surface area contributed by atoms with Crippen LogP contribution in [0.2, 0.25) is 15.1 Å². The second-order valence-corrected chi connectivity index (χ2v) is 5.27. The molecule has 2 rings (SSSR count). The fourth-order valence-corrected chi connectivity index (χ4v) is 2.65. The van der Waals surface area contributed by atoms with Gasteiger partial charge < -0.3 is 5.32 Å². The molecule has 1 unspecified atom stereocenters. The largest absolute Gasteiger partial charge is 0.376 e. The van der Waals surface area contributed by atoms with E-state index in [-0.39, 0.29) is 6.04 Å². The summed E-state index contributed by atoms with van der Waals surface area (Å²) in [6.45, 7) is 2.05. The first-order chi connectivity index (χ1) is 8.58. The van der Waals surface area contributed by atoms with Crippen molar-refractivity contribution in [2.24, 2.45) is 0 Å². The van der Waals surface area contributed by atoms with Crippen LogP contribution in [-0.4, -0.2) is 0 Å². The third-order valence-corrected chi connectivity index (χ3v) is 3.48. The van der Waals surface area contributed by atoms with Gasteiger partial charge in [0.25, 0.3) is 0 Å². The molecule has 1 atom stereocenters. The Morgan fingerprint density at radius 3 is 2.06 bits per heavy atom. The molecule has 1 nitrogen and oxygen atoms in total. The molecule has 4 heteroatoms. The van der Waals surface area contributed by atoms with Gasteiger partial charge in [0.1, 0.15) is 0 Å². The van der Waals surface area contributed by atoms with Crippen LogP contribution < -0.4 is 5.32 Å². The van der Waals surface area contributed by atoms with Crippen molar-refractivity contribution in [1.82, 2.24) is 0 Å². The first-order valence-electron chi connectivity index (χ1n) is 5.54. The van der Waals surface area contributed by atoms with Crippen LogP contribution in [0.1, 0.15) is 18.5 Å². The normalized spacial score (nSPS) is 12.2. The fraction of sp³-hybridized carbons (Fsp3) is 0.143. The highest BCUT2D eigenvalue weighted by atomic mass is 35.5. The van der Waals surface area contributed by atoms with E-state index < -0.39 is 0 Å². The minimum absolute atomic E-state index is 0.113. The SMILES string of the molecule is CC(Nc1c(Cl)cc(Cl)cc1Cl)c1ccccc1. The lowest BCUT2D eigenvalue weighted by Crippen LogP contribution is -2.07. The zero-order valence-corrected chi connectivity index (χ0v) is 12.0. The number of hydrogen-bond acceptors (Lipinski definition) is 1. The van der Waals surface area contributed by atoms with Crippen molar-refractivity contribution in [1.29, 1.82) is 0 Å². The highest BCUT2D eigenvalue weighted by molar-refractivity contribution is 6.41. The van der Waals surface area contributed by atoms with Crippen molar-refractivity contribution in [2.75, 3.05) is 5.32 Å². The monoisotopic (exact) mass is 299 g/mol. The van der Waals surface area contributed by atoms with Crippen LogP contribution in [-0.2, 0) is 0 Å². The summed E-state index contributed by atoms with van der Waals surface area (Å²) in [5.74, 6) is 0. The van der Waals surface area contributed by atoms with Crippen LogP contribution in [0.4, 0.5) is 5.69 Å². The van der Waals surface area contributed by atoms with Crippen molar-refractivity contribution in [3.8, 4) is 0 Å². The number of anilines is 1. The maximum atomic E-state index is 6.13. The van der Waals surface area contributed by atoms with Crippen molar-refractivity contribution in [3.63, 3.8) is 0 Å². The van der Waals surface area contributed by atoms with Crippen LogP contribution in [0.25, 0.3) is 0 Å². The Morgan fingerprint density at radius 1 is 0.944 bits per heavy atom. The second-order valence-electron chi connectivity index (χ2n) is 4.02. The molecule has 2 aromatic rings. The van der Waals surface area contributed by atoms with E-state index in [4.69, 9.17) is 34.8 Å². The Bertz CT molecular complexity index is 517. The summed E-state index contributed by atoms with van der Waals surface area (Å²) < 4.78 is 0. The molecule has 94 valence electrons. The minimum Gasteiger partial charge on any atom is -0.376 e. The molecule has 0 aliphatic carbocycles. The third kappa shape index (κ3) is 3.11. The van der Waals surface area contributed by atoms with Gasteiger partial charge in [-0.1, -0.05) is 65.1 Å². The van der Waals surface area contributed by atoms with Crippen LogP contribution >= 0.6 is 34.8 Å². The number of nitrogens with one attached hydrogen (secondary N) is 1. The van der Waals surface area contributed by atoms with E-state index in [1.807, 2.05) is 18.2 Å². The van der Waals surface area contributed by atoms with Gasteiger partial charge in [-0.2, -0.15) is 0 Å². The summed E-state index contributed by atoms with van der Waals surface area (Å²) in [7, 11) is 0. The fourth-order valence-electron chi connectivity index (χ4n) is 1.72. The van der Waals surface area contributed by atoms with Gasteiger partial charge in [-0.05, 0) is 24.6 Å². The maximum absolute atomic E-state index is 6.13. The molecule has 0 aromatic heterocycles. The molecular weight excluding hydrogens is 289 g/mol. The Balaban J connectivity index is 2.25.